The van der Waals surface area contributed by atoms with E-state index in [9.17, 15) is 13.5 Å². The van der Waals surface area contributed by atoms with Crippen molar-refractivity contribution in [1.29, 1.82) is 0 Å². The Labute approximate surface area is 206 Å². The van der Waals surface area contributed by atoms with Gasteiger partial charge in [0, 0.05) is 11.8 Å². The molecular weight excluding hydrogens is 460 g/mol. The van der Waals surface area contributed by atoms with Gasteiger partial charge in [0.05, 0.1) is 18.0 Å². The lowest BCUT2D eigenvalue weighted by molar-refractivity contribution is 0.455. The van der Waals surface area contributed by atoms with Crippen LogP contribution in [0.3, 0.4) is 0 Å². The summed E-state index contributed by atoms with van der Waals surface area (Å²) in [6.07, 6.45) is 1.88. The molecule has 0 amide bonds. The predicted octanol–water partition coefficient (Wildman–Crippen LogP) is 6.26. The Balaban J connectivity index is 1.61. The first-order valence-corrected chi connectivity index (χ1v) is 13.1. The SMILES string of the molecule is Cc1c(NC(Cc2ccccc2)c2ccc(Oc3cccc(O)c3)cc2)cccc1NS(C)(=O)=O. The average molecular weight is 489 g/mol. The number of ether oxygens (including phenoxy) is 1. The molecule has 0 heterocycles. The van der Waals surface area contributed by atoms with Gasteiger partial charge in [-0.25, -0.2) is 8.42 Å². The third-order valence-corrected chi connectivity index (χ3v) is 6.17. The average Bonchev–Trinajstić information content (AvgIpc) is 2.81. The molecule has 0 saturated carbocycles. The maximum Gasteiger partial charge on any atom is 0.229 e. The van der Waals surface area contributed by atoms with Crippen LogP contribution in [0.1, 0.15) is 22.7 Å². The van der Waals surface area contributed by atoms with Crippen LogP contribution in [0.2, 0.25) is 0 Å². The topological polar surface area (TPSA) is 87.7 Å². The molecule has 1 atom stereocenters. The Morgan fingerprint density at radius 2 is 1.51 bits per heavy atom. The smallest absolute Gasteiger partial charge is 0.229 e. The Morgan fingerprint density at radius 1 is 0.829 bits per heavy atom. The molecule has 0 aliphatic heterocycles. The van der Waals surface area contributed by atoms with E-state index in [1.165, 1.54) is 5.56 Å². The van der Waals surface area contributed by atoms with Crippen molar-refractivity contribution in [1.82, 2.24) is 0 Å². The normalized spacial score (nSPS) is 12.1. The number of hydrogen-bond acceptors (Lipinski definition) is 5. The van der Waals surface area contributed by atoms with Gasteiger partial charge >= 0.3 is 0 Å². The fraction of sp³-hybridized carbons (Fsp3) is 0.143. The lowest BCUT2D eigenvalue weighted by atomic mass is 9.98. The van der Waals surface area contributed by atoms with Crippen molar-refractivity contribution < 1.29 is 18.3 Å². The molecule has 4 aromatic rings. The minimum Gasteiger partial charge on any atom is -0.508 e. The van der Waals surface area contributed by atoms with E-state index < -0.39 is 10.0 Å². The summed E-state index contributed by atoms with van der Waals surface area (Å²) in [5, 5.41) is 13.3. The molecule has 0 aliphatic rings. The second-order valence-electron chi connectivity index (χ2n) is 8.41. The molecular formula is C28H28N2O4S. The van der Waals surface area contributed by atoms with Crippen LogP contribution < -0.4 is 14.8 Å². The summed E-state index contributed by atoms with van der Waals surface area (Å²) in [6.45, 7) is 1.89. The fourth-order valence-corrected chi connectivity index (χ4v) is 4.46. The van der Waals surface area contributed by atoms with Crippen LogP contribution in [0.5, 0.6) is 17.2 Å². The summed E-state index contributed by atoms with van der Waals surface area (Å²) >= 11 is 0. The van der Waals surface area contributed by atoms with E-state index in [1.807, 2.05) is 61.5 Å². The Bertz CT molecular complexity index is 1390. The Hall–Kier alpha value is -3.97. The summed E-state index contributed by atoms with van der Waals surface area (Å²) in [7, 11) is -3.39. The van der Waals surface area contributed by atoms with E-state index in [4.69, 9.17) is 4.74 Å². The monoisotopic (exact) mass is 488 g/mol. The van der Waals surface area contributed by atoms with Crippen LogP contribution in [0, 0.1) is 6.92 Å². The van der Waals surface area contributed by atoms with Gasteiger partial charge < -0.3 is 15.2 Å². The highest BCUT2D eigenvalue weighted by atomic mass is 32.2. The summed E-state index contributed by atoms with van der Waals surface area (Å²) in [4.78, 5) is 0. The van der Waals surface area contributed by atoms with Crippen molar-refractivity contribution in [2.75, 3.05) is 16.3 Å². The number of hydrogen-bond donors (Lipinski definition) is 3. The van der Waals surface area contributed by atoms with Gasteiger partial charge in [0.15, 0.2) is 0 Å². The molecule has 0 saturated heterocycles. The standard InChI is InChI=1S/C28H28N2O4S/c1-20-26(12-7-13-27(20)30-35(2,32)33)29-28(18-21-8-4-3-5-9-21)22-14-16-24(17-15-22)34-25-11-6-10-23(31)19-25/h3-17,19,28-31H,18H2,1-2H3. The first-order valence-electron chi connectivity index (χ1n) is 11.2. The molecule has 4 rings (SSSR count). The molecule has 0 fully saturated rings. The first kappa shape index (κ1) is 24.2. The van der Waals surface area contributed by atoms with Crippen LogP contribution >= 0.6 is 0 Å². The van der Waals surface area contributed by atoms with Gasteiger partial charge in [-0.3, -0.25) is 4.72 Å². The van der Waals surface area contributed by atoms with Crippen LogP contribution in [0.25, 0.3) is 0 Å². The molecule has 4 aromatic carbocycles. The van der Waals surface area contributed by atoms with Crippen LogP contribution in [-0.4, -0.2) is 19.8 Å². The van der Waals surface area contributed by atoms with Crippen molar-refractivity contribution >= 4 is 21.4 Å². The number of anilines is 2. The number of rotatable bonds is 9. The van der Waals surface area contributed by atoms with Gasteiger partial charge in [-0.05, 0) is 66.4 Å². The number of sulfonamides is 1. The van der Waals surface area contributed by atoms with Crippen molar-refractivity contribution in [2.45, 2.75) is 19.4 Å². The summed E-state index contributed by atoms with van der Waals surface area (Å²) in [5.74, 6) is 1.37. The maximum atomic E-state index is 11.8. The Kier molecular flexibility index (Phi) is 7.27. The molecule has 1 unspecified atom stereocenters. The van der Waals surface area contributed by atoms with E-state index in [0.29, 0.717) is 17.2 Å². The lowest BCUT2D eigenvalue weighted by Crippen LogP contribution is -2.16. The zero-order chi connectivity index (χ0) is 24.8. The molecule has 6 nitrogen and oxygen atoms in total. The zero-order valence-corrected chi connectivity index (χ0v) is 20.4. The minimum atomic E-state index is -3.39. The van der Waals surface area contributed by atoms with Gasteiger partial charge in [0.1, 0.15) is 17.2 Å². The summed E-state index contributed by atoms with van der Waals surface area (Å²) < 4.78 is 32.0. The highest BCUT2D eigenvalue weighted by molar-refractivity contribution is 7.92. The summed E-state index contributed by atoms with van der Waals surface area (Å²) in [5.41, 5.74) is 4.44. The highest BCUT2D eigenvalue weighted by Gasteiger charge is 2.16. The number of phenols is 1. The molecule has 3 N–H and O–H groups in total. The quantitative estimate of drug-likeness (QED) is 0.259. The number of benzene rings is 4. The van der Waals surface area contributed by atoms with Gasteiger partial charge in [-0.15, -0.1) is 0 Å². The molecule has 0 spiro atoms. The third kappa shape index (κ3) is 6.77. The van der Waals surface area contributed by atoms with Crippen LogP contribution in [0.15, 0.2) is 97.1 Å². The molecule has 0 aliphatic carbocycles. The van der Waals surface area contributed by atoms with Crippen LogP contribution in [0.4, 0.5) is 11.4 Å². The lowest BCUT2D eigenvalue weighted by Gasteiger charge is -2.23. The molecule has 0 aromatic heterocycles. The molecule has 0 bridgehead atoms. The van der Waals surface area contributed by atoms with Crippen LogP contribution in [-0.2, 0) is 16.4 Å². The third-order valence-electron chi connectivity index (χ3n) is 5.58. The minimum absolute atomic E-state index is 0.0700. The van der Waals surface area contributed by atoms with E-state index in [-0.39, 0.29) is 11.8 Å². The molecule has 7 heteroatoms. The van der Waals surface area contributed by atoms with E-state index in [0.717, 1.165) is 29.5 Å². The first-order chi connectivity index (χ1) is 16.8. The van der Waals surface area contributed by atoms with Gasteiger partial charge in [0.25, 0.3) is 0 Å². The van der Waals surface area contributed by atoms with E-state index in [1.54, 1.807) is 30.3 Å². The predicted molar refractivity (Wildman–Crippen MR) is 141 cm³/mol. The molecule has 35 heavy (non-hydrogen) atoms. The second-order valence-corrected chi connectivity index (χ2v) is 10.2. The fourth-order valence-electron chi connectivity index (χ4n) is 3.84. The number of aromatic hydroxyl groups is 1. The zero-order valence-electron chi connectivity index (χ0n) is 19.6. The van der Waals surface area contributed by atoms with Crippen molar-refractivity contribution in [3.8, 4) is 17.2 Å². The van der Waals surface area contributed by atoms with Crippen molar-refractivity contribution in [2.24, 2.45) is 0 Å². The highest BCUT2D eigenvalue weighted by Crippen LogP contribution is 2.31. The maximum absolute atomic E-state index is 11.8. The Morgan fingerprint density at radius 3 is 2.20 bits per heavy atom. The molecule has 180 valence electrons. The van der Waals surface area contributed by atoms with Gasteiger partial charge in [-0.2, -0.15) is 0 Å². The largest absolute Gasteiger partial charge is 0.508 e. The van der Waals surface area contributed by atoms with E-state index in [2.05, 4.69) is 22.2 Å². The van der Waals surface area contributed by atoms with Gasteiger partial charge in [-0.1, -0.05) is 54.6 Å². The molecule has 0 radical (unpaired) electrons. The summed E-state index contributed by atoms with van der Waals surface area (Å²) in [6, 6.07) is 30.1. The van der Waals surface area contributed by atoms with Crippen molar-refractivity contribution in [3.05, 3.63) is 114 Å². The van der Waals surface area contributed by atoms with Crippen molar-refractivity contribution in [3.63, 3.8) is 0 Å². The number of phenolic OH excluding ortho intramolecular Hbond substituents is 1. The second kappa shape index (κ2) is 10.5. The number of nitrogens with one attached hydrogen (secondary N) is 2. The van der Waals surface area contributed by atoms with E-state index >= 15 is 0 Å². The van der Waals surface area contributed by atoms with Gasteiger partial charge in [0.2, 0.25) is 10.0 Å².